The Balaban J connectivity index is 0.000000280. The lowest BCUT2D eigenvalue weighted by Crippen LogP contribution is -2.00. The first kappa shape index (κ1) is 23.0. The van der Waals surface area contributed by atoms with Crippen molar-refractivity contribution < 1.29 is 28.5 Å². The van der Waals surface area contributed by atoms with E-state index in [1.807, 2.05) is 13.8 Å². The molecule has 0 aliphatic carbocycles. The van der Waals surface area contributed by atoms with Crippen molar-refractivity contribution in [3.8, 4) is 23.0 Å². The largest absolute Gasteiger partial charge is 0.497 e. The maximum Gasteiger partial charge on any atom is 0.166 e. The molecule has 6 heteroatoms. The van der Waals surface area contributed by atoms with Gasteiger partial charge in [-0.05, 0) is 24.3 Å². The van der Waals surface area contributed by atoms with Gasteiger partial charge in [0, 0.05) is 25.0 Å². The molecular formula is C22H28O6. The van der Waals surface area contributed by atoms with Gasteiger partial charge in [0.2, 0.25) is 0 Å². The van der Waals surface area contributed by atoms with Gasteiger partial charge < -0.3 is 18.9 Å². The third kappa shape index (κ3) is 6.01. The van der Waals surface area contributed by atoms with Crippen LogP contribution >= 0.6 is 0 Å². The van der Waals surface area contributed by atoms with Crippen molar-refractivity contribution in [2.24, 2.45) is 0 Å². The standard InChI is InChI=1S/2C11H14O3/c2*1-4-10(12)9-6-5-8(13-2)7-11(9)14-3/h2*5-7H,4H2,1-3H3. The number of ketones is 2. The summed E-state index contributed by atoms with van der Waals surface area (Å²) in [7, 11) is 6.24. The van der Waals surface area contributed by atoms with E-state index < -0.39 is 0 Å². The molecule has 2 rings (SSSR count). The first-order valence-electron chi connectivity index (χ1n) is 8.96. The smallest absolute Gasteiger partial charge is 0.166 e. The highest BCUT2D eigenvalue weighted by atomic mass is 16.5. The topological polar surface area (TPSA) is 71.1 Å². The fourth-order valence-electron chi connectivity index (χ4n) is 2.44. The second-order valence-corrected chi connectivity index (χ2v) is 5.69. The molecule has 0 fully saturated rings. The monoisotopic (exact) mass is 388 g/mol. The van der Waals surface area contributed by atoms with Gasteiger partial charge in [0.05, 0.1) is 39.6 Å². The zero-order valence-electron chi connectivity index (χ0n) is 17.3. The number of ether oxygens (including phenoxy) is 4. The lowest BCUT2D eigenvalue weighted by atomic mass is 10.1. The molecular weight excluding hydrogens is 360 g/mol. The quantitative estimate of drug-likeness (QED) is 0.616. The number of rotatable bonds is 8. The Bertz CT molecular complexity index is 730. The number of carbonyl (C=O) groups excluding carboxylic acids is 2. The molecule has 0 aromatic heterocycles. The molecule has 0 aliphatic heterocycles. The van der Waals surface area contributed by atoms with E-state index in [0.29, 0.717) is 47.0 Å². The first-order valence-corrected chi connectivity index (χ1v) is 8.96. The summed E-state index contributed by atoms with van der Waals surface area (Å²) in [6, 6.07) is 10.4. The molecule has 0 amide bonds. The number of methoxy groups -OCH3 is 4. The van der Waals surface area contributed by atoms with Crippen molar-refractivity contribution in [3.63, 3.8) is 0 Å². The van der Waals surface area contributed by atoms with Gasteiger partial charge in [-0.15, -0.1) is 0 Å². The number of Topliss-reactive ketones (excluding diaryl/α,β-unsaturated/α-hetero) is 2. The van der Waals surface area contributed by atoms with E-state index in [1.165, 1.54) is 0 Å². The SMILES string of the molecule is CCC(=O)c1ccc(OC)cc1OC.CCC(=O)c1ccc(OC)cc1OC. The molecule has 0 spiro atoms. The lowest BCUT2D eigenvalue weighted by Gasteiger charge is -2.08. The Labute approximate surface area is 166 Å². The molecule has 2 aromatic carbocycles. The van der Waals surface area contributed by atoms with Gasteiger partial charge >= 0.3 is 0 Å². The summed E-state index contributed by atoms with van der Waals surface area (Å²) in [5.74, 6) is 2.66. The Morgan fingerprint density at radius 3 is 1.25 bits per heavy atom. The Morgan fingerprint density at radius 1 is 0.643 bits per heavy atom. The van der Waals surface area contributed by atoms with E-state index >= 15 is 0 Å². The molecule has 0 unspecified atom stereocenters. The molecule has 0 aliphatic rings. The third-order valence-corrected chi connectivity index (χ3v) is 4.06. The summed E-state index contributed by atoms with van der Waals surface area (Å²) < 4.78 is 20.3. The first-order chi connectivity index (χ1) is 13.4. The van der Waals surface area contributed by atoms with Crippen molar-refractivity contribution in [3.05, 3.63) is 47.5 Å². The zero-order valence-corrected chi connectivity index (χ0v) is 17.3. The van der Waals surface area contributed by atoms with Crippen LogP contribution in [-0.2, 0) is 0 Å². The van der Waals surface area contributed by atoms with Crippen LogP contribution in [0.3, 0.4) is 0 Å². The average Bonchev–Trinajstić information content (AvgIpc) is 2.77. The van der Waals surface area contributed by atoms with Crippen molar-refractivity contribution in [2.75, 3.05) is 28.4 Å². The van der Waals surface area contributed by atoms with E-state index in [-0.39, 0.29) is 11.6 Å². The number of benzene rings is 2. The van der Waals surface area contributed by atoms with E-state index in [0.717, 1.165) is 0 Å². The number of hydrogen-bond donors (Lipinski definition) is 0. The highest BCUT2D eigenvalue weighted by Crippen LogP contribution is 2.26. The van der Waals surface area contributed by atoms with Crippen LogP contribution in [-0.4, -0.2) is 40.0 Å². The molecule has 0 heterocycles. The van der Waals surface area contributed by atoms with Gasteiger partial charge in [0.25, 0.3) is 0 Å². The maximum atomic E-state index is 11.5. The summed E-state index contributed by atoms with van der Waals surface area (Å²) >= 11 is 0. The number of hydrogen-bond acceptors (Lipinski definition) is 6. The second kappa shape index (κ2) is 11.6. The van der Waals surface area contributed by atoms with Gasteiger partial charge in [0.15, 0.2) is 11.6 Å². The molecule has 0 N–H and O–H groups in total. The molecule has 0 bridgehead atoms. The van der Waals surface area contributed by atoms with Gasteiger partial charge in [0.1, 0.15) is 23.0 Å². The summed E-state index contributed by atoms with van der Waals surface area (Å²) in [6.07, 6.45) is 0.950. The zero-order chi connectivity index (χ0) is 21.1. The van der Waals surface area contributed by atoms with E-state index in [4.69, 9.17) is 18.9 Å². The van der Waals surface area contributed by atoms with Crippen LogP contribution in [0.15, 0.2) is 36.4 Å². The molecule has 28 heavy (non-hydrogen) atoms. The molecule has 6 nitrogen and oxygen atoms in total. The average molecular weight is 388 g/mol. The van der Waals surface area contributed by atoms with Gasteiger partial charge in [-0.1, -0.05) is 13.8 Å². The summed E-state index contributed by atoms with van der Waals surface area (Å²) in [4.78, 5) is 22.9. The van der Waals surface area contributed by atoms with Crippen LogP contribution in [0.1, 0.15) is 47.4 Å². The van der Waals surface area contributed by atoms with Crippen LogP contribution in [0.4, 0.5) is 0 Å². The van der Waals surface area contributed by atoms with Crippen LogP contribution in [0.5, 0.6) is 23.0 Å². The minimum atomic E-state index is 0.0736. The minimum absolute atomic E-state index is 0.0736. The molecule has 0 atom stereocenters. The summed E-state index contributed by atoms with van der Waals surface area (Å²) in [6.45, 7) is 3.65. The predicted molar refractivity (Wildman–Crippen MR) is 108 cm³/mol. The highest BCUT2D eigenvalue weighted by molar-refractivity contribution is 5.99. The third-order valence-electron chi connectivity index (χ3n) is 4.06. The van der Waals surface area contributed by atoms with Crippen LogP contribution in [0.2, 0.25) is 0 Å². The minimum Gasteiger partial charge on any atom is -0.497 e. The molecule has 152 valence electrons. The predicted octanol–water partition coefficient (Wildman–Crippen LogP) is 4.59. The van der Waals surface area contributed by atoms with E-state index in [2.05, 4.69) is 0 Å². The Hall–Kier alpha value is -3.02. The lowest BCUT2D eigenvalue weighted by molar-refractivity contribution is 0.0977. The number of carbonyl (C=O) groups is 2. The van der Waals surface area contributed by atoms with Crippen LogP contribution in [0.25, 0.3) is 0 Å². The molecule has 0 saturated heterocycles. The Morgan fingerprint density at radius 2 is 1.00 bits per heavy atom. The van der Waals surface area contributed by atoms with Crippen molar-refractivity contribution in [1.82, 2.24) is 0 Å². The molecule has 0 radical (unpaired) electrons. The fourth-order valence-corrected chi connectivity index (χ4v) is 2.44. The van der Waals surface area contributed by atoms with Crippen LogP contribution < -0.4 is 18.9 Å². The molecule has 0 saturated carbocycles. The van der Waals surface area contributed by atoms with Gasteiger partial charge in [-0.2, -0.15) is 0 Å². The Kier molecular flexibility index (Phi) is 9.57. The van der Waals surface area contributed by atoms with Crippen molar-refractivity contribution in [1.29, 1.82) is 0 Å². The van der Waals surface area contributed by atoms with E-state index in [9.17, 15) is 9.59 Å². The van der Waals surface area contributed by atoms with Crippen LogP contribution in [0, 0.1) is 0 Å². The summed E-state index contributed by atoms with van der Waals surface area (Å²) in [5.41, 5.74) is 1.21. The van der Waals surface area contributed by atoms with Gasteiger partial charge in [-0.3, -0.25) is 9.59 Å². The van der Waals surface area contributed by atoms with E-state index in [1.54, 1.807) is 64.8 Å². The molecule has 2 aromatic rings. The van der Waals surface area contributed by atoms with Crippen molar-refractivity contribution >= 4 is 11.6 Å². The second-order valence-electron chi connectivity index (χ2n) is 5.69. The summed E-state index contributed by atoms with van der Waals surface area (Å²) in [5, 5.41) is 0. The highest BCUT2D eigenvalue weighted by Gasteiger charge is 2.11. The fraction of sp³-hybridized carbons (Fsp3) is 0.364. The van der Waals surface area contributed by atoms with Gasteiger partial charge in [-0.25, -0.2) is 0 Å². The maximum absolute atomic E-state index is 11.5. The normalized spacial score (nSPS) is 9.64. The van der Waals surface area contributed by atoms with Crippen molar-refractivity contribution in [2.45, 2.75) is 26.7 Å².